The minimum absolute atomic E-state index is 0.0551. The Balaban J connectivity index is 1.99. The fourth-order valence-electron chi connectivity index (χ4n) is 4.60. The molecule has 0 fully saturated rings. The largest absolute Gasteiger partial charge is 0.384 e. The number of sulfonamides is 1. The molecule has 4 rings (SSSR count). The normalized spacial score (nSPS) is 20.5. The third-order valence-electron chi connectivity index (χ3n) is 6.02. The molecule has 0 unspecified atom stereocenters. The molecule has 0 aromatic heterocycles. The molecule has 2 aromatic carbocycles. The average Bonchev–Trinajstić information content (AvgIpc) is 2.72. The number of rotatable bonds is 3. The predicted octanol–water partition coefficient (Wildman–Crippen LogP) is 3.93. The van der Waals surface area contributed by atoms with Crippen molar-refractivity contribution in [3.8, 4) is 6.07 Å². The number of anilines is 1. The Morgan fingerprint density at radius 3 is 2.33 bits per heavy atom. The number of nitrogens with zero attached hydrogens (tertiary/aromatic N) is 2. The molecule has 1 aliphatic carbocycles. The quantitative estimate of drug-likeness (QED) is 0.681. The number of para-hydroxylation sites is 1. The van der Waals surface area contributed by atoms with Gasteiger partial charge in [0.05, 0.1) is 33.2 Å². The average molecular weight is 483 g/mol. The molecule has 0 spiro atoms. The van der Waals surface area contributed by atoms with E-state index < -0.39 is 15.9 Å². The molecule has 0 amide bonds. The molecule has 7 nitrogen and oxygen atoms in total. The van der Waals surface area contributed by atoms with Gasteiger partial charge < -0.3 is 5.73 Å². The van der Waals surface area contributed by atoms with Crippen LogP contribution < -0.4 is 15.8 Å². The van der Waals surface area contributed by atoms with Crippen LogP contribution in [0.3, 0.4) is 0 Å². The summed E-state index contributed by atoms with van der Waals surface area (Å²) in [6.07, 6.45) is 0.858. The van der Waals surface area contributed by atoms with E-state index in [0.29, 0.717) is 40.4 Å². The smallest absolute Gasteiger partial charge is 0.238 e. The van der Waals surface area contributed by atoms with Gasteiger partial charge in [-0.15, -0.1) is 0 Å². The third-order valence-corrected chi connectivity index (χ3v) is 7.27. The monoisotopic (exact) mass is 482 g/mol. The molecule has 1 atom stereocenters. The van der Waals surface area contributed by atoms with E-state index in [0.717, 1.165) is 0 Å². The Kier molecular flexibility index (Phi) is 5.61. The highest BCUT2D eigenvalue weighted by Gasteiger charge is 2.45. The lowest BCUT2D eigenvalue weighted by molar-refractivity contribution is -0.118. The van der Waals surface area contributed by atoms with Crippen molar-refractivity contribution in [3.05, 3.63) is 81.8 Å². The topological polar surface area (TPSA) is 130 Å². The van der Waals surface area contributed by atoms with E-state index in [2.05, 4.69) is 6.07 Å². The molecule has 2 aliphatic rings. The number of primary sulfonamides is 1. The predicted molar refractivity (Wildman–Crippen MR) is 126 cm³/mol. The van der Waals surface area contributed by atoms with Gasteiger partial charge in [-0.25, -0.2) is 13.6 Å². The van der Waals surface area contributed by atoms with Crippen LogP contribution in [-0.2, 0) is 14.8 Å². The molecule has 0 bridgehead atoms. The number of allylic oxidation sites excluding steroid dienone is 3. The number of nitrogens with two attached hydrogens (primary N) is 2. The van der Waals surface area contributed by atoms with Crippen molar-refractivity contribution in [3.63, 3.8) is 0 Å². The highest BCUT2D eigenvalue weighted by molar-refractivity contribution is 7.89. The van der Waals surface area contributed by atoms with Gasteiger partial charge in [-0.2, -0.15) is 5.26 Å². The van der Waals surface area contributed by atoms with Gasteiger partial charge in [-0.05, 0) is 41.7 Å². The molecule has 2 aromatic rings. The molecule has 9 heteroatoms. The molecule has 170 valence electrons. The molecule has 1 aliphatic heterocycles. The van der Waals surface area contributed by atoms with E-state index in [4.69, 9.17) is 22.5 Å². The summed E-state index contributed by atoms with van der Waals surface area (Å²) in [4.78, 5) is 15.1. The van der Waals surface area contributed by atoms with E-state index in [9.17, 15) is 18.5 Å². The first kappa shape index (κ1) is 23.1. The summed E-state index contributed by atoms with van der Waals surface area (Å²) in [6, 6.07) is 15.2. The highest BCUT2D eigenvalue weighted by atomic mass is 35.5. The van der Waals surface area contributed by atoms with E-state index in [1.54, 1.807) is 35.2 Å². The Bertz CT molecular complexity index is 1370. The summed E-state index contributed by atoms with van der Waals surface area (Å²) in [6.45, 7) is 4.02. The van der Waals surface area contributed by atoms with E-state index >= 15 is 0 Å². The molecule has 4 N–H and O–H groups in total. The number of halogens is 1. The molecule has 0 saturated carbocycles. The summed E-state index contributed by atoms with van der Waals surface area (Å²) in [5.74, 6) is -0.615. The van der Waals surface area contributed by atoms with Gasteiger partial charge in [-0.1, -0.05) is 49.7 Å². The van der Waals surface area contributed by atoms with Gasteiger partial charge in [0, 0.05) is 17.7 Å². The summed E-state index contributed by atoms with van der Waals surface area (Å²) in [7, 11) is -3.88. The van der Waals surface area contributed by atoms with Crippen LogP contribution in [0.15, 0.2) is 76.1 Å². The van der Waals surface area contributed by atoms with Gasteiger partial charge in [0.25, 0.3) is 0 Å². The van der Waals surface area contributed by atoms with Crippen molar-refractivity contribution < 1.29 is 13.2 Å². The van der Waals surface area contributed by atoms with Crippen LogP contribution in [0.2, 0.25) is 5.02 Å². The number of carbonyl (C=O) groups excluding carboxylic acids is 1. The van der Waals surface area contributed by atoms with Crippen LogP contribution in [0.5, 0.6) is 0 Å². The van der Waals surface area contributed by atoms with Crippen molar-refractivity contribution in [2.75, 3.05) is 4.90 Å². The van der Waals surface area contributed by atoms with E-state index in [1.807, 2.05) is 19.9 Å². The minimum atomic E-state index is -3.88. The minimum Gasteiger partial charge on any atom is -0.384 e. The molecule has 33 heavy (non-hydrogen) atoms. The van der Waals surface area contributed by atoms with E-state index in [1.165, 1.54) is 12.1 Å². The van der Waals surface area contributed by atoms with Crippen LogP contribution in [0.25, 0.3) is 0 Å². The van der Waals surface area contributed by atoms with Crippen LogP contribution >= 0.6 is 11.6 Å². The SMILES string of the molecule is CC1(C)CC(=O)C2=C(C1)N(c1ccccc1Cl)C(N)=C(C#N)[C@@H]2c1ccc(S(N)(=O)=O)cc1. The second kappa shape index (κ2) is 8.03. The summed E-state index contributed by atoms with van der Waals surface area (Å²) < 4.78 is 23.4. The first-order chi connectivity index (χ1) is 15.4. The number of hydrogen-bond donors (Lipinski definition) is 2. The van der Waals surface area contributed by atoms with Gasteiger partial charge in [0.1, 0.15) is 5.82 Å². The number of nitriles is 1. The first-order valence-electron chi connectivity index (χ1n) is 10.3. The number of carbonyl (C=O) groups is 1. The molecule has 1 heterocycles. The Morgan fingerprint density at radius 1 is 1.12 bits per heavy atom. The standard InChI is InChI=1S/C24H23ClN4O3S/c1-24(2)11-19-22(20(30)12-24)21(14-7-9-15(10-8-14)33(28,31)32)16(13-26)23(27)29(19)18-6-4-3-5-17(18)25/h3-10,21H,11-12,27H2,1-2H3,(H2,28,31,32)/t21-/m0/s1. The lowest BCUT2D eigenvalue weighted by atomic mass is 9.68. The van der Waals surface area contributed by atoms with Crippen LogP contribution in [0.4, 0.5) is 5.69 Å². The van der Waals surface area contributed by atoms with Crippen molar-refractivity contribution in [2.24, 2.45) is 16.3 Å². The van der Waals surface area contributed by atoms with Crippen molar-refractivity contribution >= 4 is 33.1 Å². The first-order valence-corrected chi connectivity index (χ1v) is 12.2. The zero-order valence-corrected chi connectivity index (χ0v) is 19.7. The van der Waals surface area contributed by atoms with Gasteiger partial charge in [-0.3, -0.25) is 9.69 Å². The van der Waals surface area contributed by atoms with Crippen LogP contribution in [0.1, 0.15) is 38.2 Å². The lowest BCUT2D eigenvalue weighted by Crippen LogP contribution is -2.42. The fraction of sp³-hybridized carbons (Fsp3) is 0.250. The maximum absolute atomic E-state index is 13.5. The zero-order valence-electron chi connectivity index (χ0n) is 18.2. The summed E-state index contributed by atoms with van der Waals surface area (Å²) in [5.41, 5.74) is 8.79. The fourth-order valence-corrected chi connectivity index (χ4v) is 5.34. The van der Waals surface area contributed by atoms with Gasteiger partial charge in [0.2, 0.25) is 10.0 Å². The van der Waals surface area contributed by atoms with Crippen LogP contribution in [0, 0.1) is 16.7 Å². The second-order valence-electron chi connectivity index (χ2n) is 9.05. The number of hydrogen-bond acceptors (Lipinski definition) is 6. The van der Waals surface area contributed by atoms with Gasteiger partial charge in [0.15, 0.2) is 5.78 Å². The summed E-state index contributed by atoms with van der Waals surface area (Å²) >= 11 is 6.49. The molecular weight excluding hydrogens is 460 g/mol. The van der Waals surface area contributed by atoms with Crippen molar-refractivity contribution in [1.29, 1.82) is 5.26 Å². The Labute approximate surface area is 198 Å². The molecular formula is C24H23ClN4O3S. The number of ketones is 1. The highest BCUT2D eigenvalue weighted by Crippen LogP contribution is 2.50. The lowest BCUT2D eigenvalue weighted by Gasteiger charge is -2.44. The maximum Gasteiger partial charge on any atom is 0.238 e. The van der Waals surface area contributed by atoms with E-state index in [-0.39, 0.29) is 27.5 Å². The maximum atomic E-state index is 13.5. The van der Waals surface area contributed by atoms with Crippen LogP contribution in [-0.4, -0.2) is 14.2 Å². The zero-order chi connectivity index (χ0) is 24.1. The van der Waals surface area contributed by atoms with Crippen molar-refractivity contribution in [2.45, 2.75) is 37.5 Å². The Hall–Kier alpha value is -3.12. The Morgan fingerprint density at radius 2 is 1.76 bits per heavy atom. The third kappa shape index (κ3) is 4.04. The number of benzene rings is 2. The molecule has 0 saturated heterocycles. The van der Waals surface area contributed by atoms with Crippen molar-refractivity contribution in [1.82, 2.24) is 0 Å². The second-order valence-corrected chi connectivity index (χ2v) is 11.0. The van der Waals surface area contributed by atoms with Gasteiger partial charge >= 0.3 is 0 Å². The number of Topliss-reactive ketones (excluding diaryl/α,β-unsaturated/α-hetero) is 1. The summed E-state index contributed by atoms with van der Waals surface area (Å²) in [5, 5.41) is 15.8. The molecule has 0 radical (unpaired) electrons.